The van der Waals surface area contributed by atoms with Crippen molar-refractivity contribution >= 4 is 0 Å². The Bertz CT molecular complexity index is 1940. The lowest BCUT2D eigenvalue weighted by molar-refractivity contribution is 0.883. The van der Waals surface area contributed by atoms with Crippen LogP contribution in [0.1, 0.15) is 22.5 Å². The number of hydrogen-bond acceptors (Lipinski definition) is 3. The first kappa shape index (κ1) is 24.5. The first-order valence-corrected chi connectivity index (χ1v) is 13.6. The van der Waals surface area contributed by atoms with Gasteiger partial charge in [0.15, 0.2) is 5.82 Å². The molecule has 4 aromatic carbocycles. The van der Waals surface area contributed by atoms with Crippen LogP contribution in [0.3, 0.4) is 0 Å². The third kappa shape index (κ3) is 4.87. The van der Waals surface area contributed by atoms with Crippen LogP contribution in [-0.2, 0) is 12.8 Å². The Balaban J connectivity index is 1.36. The minimum Gasteiger partial charge on any atom is -0.354 e. The largest absolute Gasteiger partial charge is 0.354 e. The molecule has 2 aliphatic rings. The number of H-pyrrole nitrogens is 1. The summed E-state index contributed by atoms with van der Waals surface area (Å²) in [5, 5.41) is 4.93. The lowest BCUT2D eigenvalue weighted by Gasteiger charge is -2.13. The molecule has 41 heavy (non-hydrogen) atoms. The summed E-state index contributed by atoms with van der Waals surface area (Å²) in [5.41, 5.74) is 8.02. The third-order valence-corrected chi connectivity index (χ3v) is 7.27. The summed E-state index contributed by atoms with van der Waals surface area (Å²) in [4.78, 5) is 22.4. The van der Waals surface area contributed by atoms with Gasteiger partial charge in [-0.1, -0.05) is 109 Å². The van der Waals surface area contributed by atoms with Crippen LogP contribution in [-0.4, -0.2) is 24.3 Å². The Morgan fingerprint density at radius 3 is 1.95 bits per heavy atom. The van der Waals surface area contributed by atoms with Crippen LogP contribution < -0.4 is 5.56 Å². The van der Waals surface area contributed by atoms with Gasteiger partial charge in [-0.15, -0.1) is 0 Å². The third-order valence-electron chi connectivity index (χ3n) is 7.27. The molecule has 0 radical (unpaired) electrons. The molecule has 0 atom stereocenters. The summed E-state index contributed by atoms with van der Waals surface area (Å²) >= 11 is 0. The van der Waals surface area contributed by atoms with E-state index in [9.17, 15) is 4.79 Å². The van der Waals surface area contributed by atoms with E-state index in [2.05, 4.69) is 17.1 Å². The van der Waals surface area contributed by atoms with E-state index in [4.69, 9.17) is 10.1 Å². The van der Waals surface area contributed by atoms with Crippen LogP contribution in [0.25, 0.3) is 34.0 Å². The second-order valence-corrected chi connectivity index (χ2v) is 10.1. The smallest absolute Gasteiger partial charge is 0.278 e. The number of fused-ring (bicyclic) bond motifs is 1. The fraction of sp³-hybridized carbons (Fsp3) is 0.0571. The molecule has 2 aliphatic heterocycles. The summed E-state index contributed by atoms with van der Waals surface area (Å²) in [6, 6.07) is 40.4. The Labute approximate surface area is 237 Å². The fourth-order valence-electron chi connectivity index (χ4n) is 5.25. The van der Waals surface area contributed by atoms with Gasteiger partial charge < -0.3 is 4.98 Å². The molecule has 198 valence electrons. The van der Waals surface area contributed by atoms with Crippen LogP contribution in [0.15, 0.2) is 139 Å². The van der Waals surface area contributed by atoms with Gasteiger partial charge in [-0.3, -0.25) is 9.36 Å². The zero-order valence-electron chi connectivity index (χ0n) is 22.3. The van der Waals surface area contributed by atoms with Crippen molar-refractivity contribution in [2.75, 3.05) is 0 Å². The lowest BCUT2D eigenvalue weighted by atomic mass is 10.1. The Hall–Kier alpha value is -5.49. The molecule has 6 nitrogen and oxygen atoms in total. The predicted molar refractivity (Wildman–Crippen MR) is 162 cm³/mol. The maximum absolute atomic E-state index is 13.9. The van der Waals surface area contributed by atoms with E-state index in [1.807, 2.05) is 126 Å². The second kappa shape index (κ2) is 10.6. The predicted octanol–water partition coefficient (Wildman–Crippen LogP) is 6.70. The molecule has 1 N–H and O–H groups in total. The molecule has 5 aromatic rings. The number of imidazole rings is 1. The molecular formula is C35H27N5O. The van der Waals surface area contributed by atoms with E-state index in [-0.39, 0.29) is 5.56 Å². The molecular weight excluding hydrogens is 506 g/mol. The van der Waals surface area contributed by atoms with Crippen molar-refractivity contribution in [3.05, 3.63) is 167 Å². The maximum Gasteiger partial charge on any atom is 0.278 e. The minimum absolute atomic E-state index is 0.119. The molecule has 0 bridgehead atoms. The maximum atomic E-state index is 13.9. The van der Waals surface area contributed by atoms with Crippen molar-refractivity contribution in [2.45, 2.75) is 12.8 Å². The monoisotopic (exact) mass is 533 g/mol. The van der Waals surface area contributed by atoms with E-state index < -0.39 is 0 Å². The topological polar surface area (TPSA) is 68.5 Å². The van der Waals surface area contributed by atoms with Gasteiger partial charge in [0.2, 0.25) is 0 Å². The molecule has 7 rings (SSSR count). The van der Waals surface area contributed by atoms with Gasteiger partial charge >= 0.3 is 0 Å². The van der Waals surface area contributed by atoms with E-state index in [1.165, 1.54) is 0 Å². The Morgan fingerprint density at radius 2 is 1.27 bits per heavy atom. The number of nitrogens with one attached hydrogen (secondary N) is 1. The van der Waals surface area contributed by atoms with E-state index in [1.54, 1.807) is 4.57 Å². The van der Waals surface area contributed by atoms with E-state index in [0.29, 0.717) is 24.4 Å². The zero-order chi connectivity index (χ0) is 27.6. The molecule has 1 aromatic heterocycles. The number of benzene rings is 4. The molecule has 3 heterocycles. The number of nitrogens with zero attached hydrogens (tertiary/aromatic N) is 4. The Morgan fingerprint density at radius 1 is 0.659 bits per heavy atom. The summed E-state index contributed by atoms with van der Waals surface area (Å²) in [7, 11) is 0. The van der Waals surface area contributed by atoms with Crippen LogP contribution >= 0.6 is 0 Å². The first-order valence-electron chi connectivity index (χ1n) is 13.6. The van der Waals surface area contributed by atoms with Crippen LogP contribution in [0, 0.1) is 0 Å². The molecule has 0 unspecified atom stereocenters. The summed E-state index contributed by atoms with van der Waals surface area (Å²) in [5.74, 6) is 0.644. The van der Waals surface area contributed by atoms with Crippen LogP contribution in [0.4, 0.5) is 0 Å². The normalized spacial score (nSPS) is 11.2. The van der Waals surface area contributed by atoms with Crippen molar-refractivity contribution in [1.82, 2.24) is 24.3 Å². The first-order chi connectivity index (χ1) is 20.2. The SMILES string of the molecule is O=c1c(Cc2cn(-c3ccccc3)nc2-c2ccccc2)nc2c(Cc3ccccc3)[nH]c(-c3ccccc3)cn1-2. The summed E-state index contributed by atoms with van der Waals surface area (Å²) < 4.78 is 3.57. The highest BCUT2D eigenvalue weighted by Gasteiger charge is 2.22. The standard InChI is InChI=1S/C35H27N5O/c41-35-31(22-28-23-40(29-19-11-4-12-20-29)38-33(28)27-17-9-3-10-18-27)37-34-30(21-25-13-5-1-6-14-25)36-32(24-39(34)35)26-15-7-2-8-16-26/h1-20,23-24,36H,21-22H2. The quantitative estimate of drug-likeness (QED) is 0.248. The summed E-state index contributed by atoms with van der Waals surface area (Å²) in [6.07, 6.45) is 4.86. The van der Waals surface area contributed by atoms with Gasteiger partial charge in [0.25, 0.3) is 5.56 Å². The highest BCUT2D eigenvalue weighted by molar-refractivity contribution is 5.64. The van der Waals surface area contributed by atoms with Gasteiger partial charge in [0.1, 0.15) is 5.69 Å². The highest BCUT2D eigenvalue weighted by atomic mass is 16.1. The van der Waals surface area contributed by atoms with Gasteiger partial charge in [0.05, 0.1) is 22.8 Å². The molecule has 0 saturated heterocycles. The summed E-state index contributed by atoms with van der Waals surface area (Å²) in [6.45, 7) is 0. The number of aromatic nitrogens is 5. The molecule has 0 aliphatic carbocycles. The molecule has 0 saturated carbocycles. The van der Waals surface area contributed by atoms with Gasteiger partial charge in [0, 0.05) is 36.4 Å². The minimum atomic E-state index is -0.119. The van der Waals surface area contributed by atoms with Crippen molar-refractivity contribution in [3.8, 4) is 34.0 Å². The van der Waals surface area contributed by atoms with Crippen molar-refractivity contribution in [1.29, 1.82) is 0 Å². The van der Waals surface area contributed by atoms with Gasteiger partial charge in [-0.2, -0.15) is 5.10 Å². The number of hydrogen-bond donors (Lipinski definition) is 1. The van der Waals surface area contributed by atoms with Crippen molar-refractivity contribution < 1.29 is 0 Å². The molecule has 6 heteroatoms. The number of rotatable bonds is 7. The fourth-order valence-corrected chi connectivity index (χ4v) is 5.25. The van der Waals surface area contributed by atoms with Crippen LogP contribution in [0.5, 0.6) is 0 Å². The highest BCUT2D eigenvalue weighted by Crippen LogP contribution is 2.27. The Kier molecular flexibility index (Phi) is 6.34. The number of aromatic amines is 1. The van der Waals surface area contributed by atoms with E-state index in [0.717, 1.165) is 45.0 Å². The van der Waals surface area contributed by atoms with Crippen molar-refractivity contribution in [2.24, 2.45) is 0 Å². The lowest BCUT2D eigenvalue weighted by Crippen LogP contribution is -2.18. The average molecular weight is 534 g/mol. The van der Waals surface area contributed by atoms with Crippen LogP contribution in [0.2, 0.25) is 0 Å². The van der Waals surface area contributed by atoms with Gasteiger partial charge in [-0.05, 0) is 23.3 Å². The molecule has 0 amide bonds. The van der Waals surface area contributed by atoms with Gasteiger partial charge in [-0.25, -0.2) is 9.67 Å². The van der Waals surface area contributed by atoms with Crippen molar-refractivity contribution in [3.63, 3.8) is 0 Å². The molecule has 0 fully saturated rings. The average Bonchev–Trinajstić information content (AvgIpc) is 3.60. The molecule has 0 spiro atoms. The number of para-hydroxylation sites is 1. The van der Waals surface area contributed by atoms with E-state index >= 15 is 0 Å². The zero-order valence-corrected chi connectivity index (χ0v) is 22.3. The second-order valence-electron chi connectivity index (χ2n) is 10.1.